The van der Waals surface area contributed by atoms with E-state index in [9.17, 15) is 9.59 Å². The van der Waals surface area contributed by atoms with Gasteiger partial charge >= 0.3 is 0 Å². The predicted octanol–water partition coefficient (Wildman–Crippen LogP) is 2.40. The summed E-state index contributed by atoms with van der Waals surface area (Å²) in [6, 6.07) is 3.99. The molecule has 7 nitrogen and oxygen atoms in total. The Balaban J connectivity index is 1.82. The molecular formula is C19H26N4O3. The number of hydrogen-bond donors (Lipinski definition) is 2. The van der Waals surface area contributed by atoms with Gasteiger partial charge in [0.15, 0.2) is 0 Å². The summed E-state index contributed by atoms with van der Waals surface area (Å²) in [7, 11) is 1.51. The van der Waals surface area contributed by atoms with Crippen LogP contribution in [0.5, 0.6) is 5.75 Å². The van der Waals surface area contributed by atoms with Gasteiger partial charge in [-0.25, -0.2) is 0 Å². The molecule has 0 bridgehead atoms. The molecule has 26 heavy (non-hydrogen) atoms. The third-order valence-corrected chi connectivity index (χ3v) is 5.26. The fraction of sp³-hybridized carbons (Fsp3) is 0.526. The predicted molar refractivity (Wildman–Crippen MR) is 99.1 cm³/mol. The van der Waals surface area contributed by atoms with Gasteiger partial charge in [0.25, 0.3) is 5.91 Å². The van der Waals surface area contributed by atoms with Gasteiger partial charge in [-0.15, -0.1) is 0 Å². The molecule has 0 unspecified atom stereocenters. The Bertz CT molecular complexity index is 830. The van der Waals surface area contributed by atoms with Crippen molar-refractivity contribution in [1.29, 1.82) is 0 Å². The van der Waals surface area contributed by atoms with Crippen LogP contribution in [0.4, 0.5) is 0 Å². The van der Waals surface area contributed by atoms with Crippen LogP contribution < -0.4 is 15.8 Å². The Hall–Kier alpha value is -2.57. The van der Waals surface area contributed by atoms with E-state index in [1.165, 1.54) is 7.11 Å². The summed E-state index contributed by atoms with van der Waals surface area (Å²) in [5.74, 6) is 0.417. The number of primary amides is 1. The molecule has 3 N–H and O–H groups in total. The molecule has 7 heteroatoms. The van der Waals surface area contributed by atoms with Gasteiger partial charge in [-0.2, -0.15) is 5.10 Å². The fourth-order valence-electron chi connectivity index (χ4n) is 3.84. The van der Waals surface area contributed by atoms with E-state index in [-0.39, 0.29) is 18.0 Å². The van der Waals surface area contributed by atoms with E-state index in [1.54, 1.807) is 12.1 Å². The summed E-state index contributed by atoms with van der Waals surface area (Å²) in [4.78, 5) is 23.2. The van der Waals surface area contributed by atoms with Crippen molar-refractivity contribution in [2.45, 2.75) is 51.6 Å². The summed E-state index contributed by atoms with van der Waals surface area (Å²) in [5, 5.41) is 8.66. The van der Waals surface area contributed by atoms with Crippen molar-refractivity contribution in [2.24, 2.45) is 11.7 Å². The second-order valence-corrected chi connectivity index (χ2v) is 7.06. The van der Waals surface area contributed by atoms with Crippen molar-refractivity contribution in [2.75, 3.05) is 7.11 Å². The van der Waals surface area contributed by atoms with Crippen LogP contribution in [0.25, 0.3) is 10.9 Å². The van der Waals surface area contributed by atoms with Gasteiger partial charge in [0.1, 0.15) is 5.75 Å². The van der Waals surface area contributed by atoms with E-state index >= 15 is 0 Å². The van der Waals surface area contributed by atoms with Gasteiger partial charge in [-0.05, 0) is 31.2 Å². The standard InChI is InChI=1S/C19H26N4O3/c1-4-18(24)21-13-5-6-16(11(2)7-13)23-10-12-8-14(19(20)25)17(26-3)9-15(12)22-23/h8-11,13,16H,4-7H2,1-3H3,(H2,20,25)(H,21,24)/t11-,13-,16-/m1/s1. The molecule has 0 spiro atoms. The van der Waals surface area contributed by atoms with Crippen molar-refractivity contribution in [1.82, 2.24) is 15.1 Å². The van der Waals surface area contributed by atoms with Crippen LogP contribution in [0.1, 0.15) is 55.9 Å². The Morgan fingerprint density at radius 2 is 2.15 bits per heavy atom. The zero-order valence-electron chi connectivity index (χ0n) is 15.5. The Morgan fingerprint density at radius 1 is 1.38 bits per heavy atom. The number of amides is 2. The second kappa shape index (κ2) is 7.35. The van der Waals surface area contributed by atoms with Crippen molar-refractivity contribution >= 4 is 22.7 Å². The summed E-state index contributed by atoms with van der Waals surface area (Å²) in [6.45, 7) is 4.06. The van der Waals surface area contributed by atoms with Gasteiger partial charge in [-0.1, -0.05) is 13.8 Å². The maximum absolute atomic E-state index is 11.6. The lowest BCUT2D eigenvalue weighted by atomic mass is 9.82. The van der Waals surface area contributed by atoms with Crippen LogP contribution in [0.15, 0.2) is 18.3 Å². The summed E-state index contributed by atoms with van der Waals surface area (Å²) in [6.07, 6.45) is 5.30. The van der Waals surface area contributed by atoms with Crippen LogP contribution >= 0.6 is 0 Å². The molecule has 1 saturated carbocycles. The number of nitrogens with zero attached hydrogens (tertiary/aromatic N) is 2. The van der Waals surface area contributed by atoms with E-state index < -0.39 is 5.91 Å². The van der Waals surface area contributed by atoms with Crippen LogP contribution in [-0.4, -0.2) is 34.7 Å². The van der Waals surface area contributed by atoms with Crippen molar-refractivity contribution in [3.63, 3.8) is 0 Å². The Morgan fingerprint density at radius 3 is 2.77 bits per heavy atom. The minimum Gasteiger partial charge on any atom is -0.496 e. The number of methoxy groups -OCH3 is 1. The molecule has 1 heterocycles. The Kier molecular flexibility index (Phi) is 5.15. The summed E-state index contributed by atoms with van der Waals surface area (Å²) >= 11 is 0. The van der Waals surface area contributed by atoms with Gasteiger partial charge in [-0.3, -0.25) is 14.3 Å². The Labute approximate surface area is 152 Å². The maximum atomic E-state index is 11.6. The van der Waals surface area contributed by atoms with E-state index in [2.05, 4.69) is 12.2 Å². The topological polar surface area (TPSA) is 99.2 Å². The highest BCUT2D eigenvalue weighted by molar-refractivity contribution is 6.00. The number of hydrogen-bond acceptors (Lipinski definition) is 4. The van der Waals surface area contributed by atoms with Gasteiger partial charge in [0, 0.05) is 30.1 Å². The molecule has 1 aliphatic rings. The van der Waals surface area contributed by atoms with Gasteiger partial charge in [0.05, 0.1) is 24.2 Å². The van der Waals surface area contributed by atoms with E-state index in [1.807, 2.05) is 17.8 Å². The average Bonchev–Trinajstić information content (AvgIpc) is 3.02. The number of nitrogens with one attached hydrogen (secondary N) is 1. The molecule has 3 atom stereocenters. The fourth-order valence-corrected chi connectivity index (χ4v) is 3.84. The number of rotatable bonds is 5. The van der Waals surface area contributed by atoms with Crippen LogP contribution in [-0.2, 0) is 4.79 Å². The molecule has 2 aromatic rings. The molecule has 1 aliphatic carbocycles. The highest BCUT2D eigenvalue weighted by Crippen LogP contribution is 2.35. The summed E-state index contributed by atoms with van der Waals surface area (Å²) in [5.41, 5.74) is 6.58. The van der Waals surface area contributed by atoms with Gasteiger partial charge in [0.2, 0.25) is 5.91 Å². The molecule has 3 rings (SSSR count). The summed E-state index contributed by atoms with van der Waals surface area (Å²) < 4.78 is 7.25. The SMILES string of the molecule is CCC(=O)N[C@@H]1CC[C@@H](n2cc3cc(C(N)=O)c(OC)cc3n2)[C@H](C)C1. The molecule has 1 aromatic carbocycles. The molecule has 0 saturated heterocycles. The first-order chi connectivity index (χ1) is 12.4. The first kappa shape index (κ1) is 18.2. The van der Waals surface area contributed by atoms with Crippen molar-refractivity contribution in [3.8, 4) is 5.75 Å². The number of aromatic nitrogens is 2. The third kappa shape index (κ3) is 3.52. The number of fused-ring (bicyclic) bond motifs is 1. The minimum absolute atomic E-state index is 0.108. The average molecular weight is 358 g/mol. The number of ether oxygens (including phenoxy) is 1. The lowest BCUT2D eigenvalue weighted by Crippen LogP contribution is -2.40. The first-order valence-corrected chi connectivity index (χ1v) is 9.09. The highest BCUT2D eigenvalue weighted by atomic mass is 16.5. The lowest BCUT2D eigenvalue weighted by molar-refractivity contribution is -0.121. The molecule has 0 aliphatic heterocycles. The normalized spacial score (nSPS) is 23.0. The molecule has 2 amide bonds. The maximum Gasteiger partial charge on any atom is 0.252 e. The van der Waals surface area contributed by atoms with E-state index in [0.29, 0.717) is 23.7 Å². The number of carbonyl (C=O) groups is 2. The molecular weight excluding hydrogens is 332 g/mol. The van der Waals surface area contributed by atoms with Crippen LogP contribution in [0.3, 0.4) is 0 Å². The second-order valence-electron chi connectivity index (χ2n) is 7.06. The van der Waals surface area contributed by atoms with Crippen molar-refractivity contribution < 1.29 is 14.3 Å². The van der Waals surface area contributed by atoms with Crippen LogP contribution in [0, 0.1) is 5.92 Å². The number of benzene rings is 1. The smallest absolute Gasteiger partial charge is 0.252 e. The first-order valence-electron chi connectivity index (χ1n) is 9.09. The monoisotopic (exact) mass is 358 g/mol. The van der Waals surface area contributed by atoms with E-state index in [4.69, 9.17) is 15.6 Å². The quantitative estimate of drug-likeness (QED) is 0.857. The number of carbonyl (C=O) groups excluding carboxylic acids is 2. The highest BCUT2D eigenvalue weighted by Gasteiger charge is 2.30. The molecule has 1 fully saturated rings. The lowest BCUT2D eigenvalue weighted by Gasteiger charge is -2.34. The zero-order chi connectivity index (χ0) is 18.8. The largest absolute Gasteiger partial charge is 0.496 e. The van der Waals surface area contributed by atoms with Crippen molar-refractivity contribution in [3.05, 3.63) is 23.9 Å². The minimum atomic E-state index is -0.517. The molecule has 140 valence electrons. The number of nitrogens with two attached hydrogens (primary N) is 1. The molecule has 0 radical (unpaired) electrons. The van der Waals surface area contributed by atoms with E-state index in [0.717, 1.165) is 30.2 Å². The molecule has 1 aromatic heterocycles. The zero-order valence-corrected chi connectivity index (χ0v) is 15.5. The third-order valence-electron chi connectivity index (χ3n) is 5.26. The van der Waals surface area contributed by atoms with Crippen LogP contribution in [0.2, 0.25) is 0 Å². The van der Waals surface area contributed by atoms with Gasteiger partial charge < -0.3 is 15.8 Å².